The molecule has 0 spiro atoms. The Labute approximate surface area is 186 Å². The van der Waals surface area contributed by atoms with E-state index in [0.717, 1.165) is 29.9 Å². The fourth-order valence-electron chi connectivity index (χ4n) is 5.00. The van der Waals surface area contributed by atoms with Crippen molar-refractivity contribution in [2.45, 2.75) is 31.5 Å². The van der Waals surface area contributed by atoms with Gasteiger partial charge in [0.15, 0.2) is 0 Å². The van der Waals surface area contributed by atoms with Crippen molar-refractivity contribution in [2.75, 3.05) is 13.1 Å². The smallest absolute Gasteiger partial charge is 0.330 e. The molecule has 1 aliphatic carbocycles. The quantitative estimate of drug-likeness (QED) is 0.545. The number of para-hydroxylation sites is 2. The molecule has 1 saturated carbocycles. The van der Waals surface area contributed by atoms with Gasteiger partial charge < -0.3 is 9.88 Å². The Morgan fingerprint density at radius 1 is 0.970 bits per heavy atom. The van der Waals surface area contributed by atoms with Crippen molar-refractivity contribution in [3.8, 4) is 0 Å². The first-order valence-corrected chi connectivity index (χ1v) is 10.7. The number of halogens is 6. The van der Waals surface area contributed by atoms with E-state index in [1.54, 1.807) is 0 Å². The van der Waals surface area contributed by atoms with Crippen molar-refractivity contribution in [2.24, 2.45) is 18.9 Å². The van der Waals surface area contributed by atoms with Crippen molar-refractivity contribution in [1.29, 1.82) is 0 Å². The number of aromatic nitrogens is 2. The van der Waals surface area contributed by atoms with Gasteiger partial charge in [-0.25, -0.2) is 4.98 Å². The van der Waals surface area contributed by atoms with Crippen LogP contribution in [0.5, 0.6) is 0 Å². The van der Waals surface area contributed by atoms with E-state index in [0.29, 0.717) is 24.7 Å². The van der Waals surface area contributed by atoms with Gasteiger partial charge >= 0.3 is 12.4 Å². The van der Waals surface area contributed by atoms with E-state index >= 15 is 0 Å². The first-order chi connectivity index (χ1) is 15.5. The monoisotopic (exact) mass is 468 g/mol. The Hall–Kier alpha value is -2.59. The number of hydrogen-bond donors (Lipinski definition) is 1. The number of fused-ring (bicyclic) bond motifs is 2. The molecule has 1 unspecified atom stereocenters. The van der Waals surface area contributed by atoms with Gasteiger partial charge in [0, 0.05) is 32.7 Å². The van der Waals surface area contributed by atoms with Crippen LogP contribution in [0.1, 0.15) is 22.5 Å². The Balaban J connectivity index is 1.21. The molecule has 1 aromatic heterocycles. The van der Waals surface area contributed by atoms with E-state index in [-0.39, 0.29) is 30.0 Å². The number of nitrogens with one attached hydrogen (secondary N) is 1. The summed E-state index contributed by atoms with van der Waals surface area (Å²) in [6, 6.07) is 9.49. The van der Waals surface area contributed by atoms with Crippen LogP contribution >= 0.6 is 0 Å². The summed E-state index contributed by atoms with van der Waals surface area (Å²) in [6.07, 6.45) is -9.39. The van der Waals surface area contributed by atoms with Crippen molar-refractivity contribution in [1.82, 2.24) is 19.8 Å². The number of benzene rings is 2. The summed E-state index contributed by atoms with van der Waals surface area (Å²) in [5, 5.41) is 3.07. The molecular weight excluding hydrogens is 446 g/mol. The van der Waals surface area contributed by atoms with Crippen LogP contribution < -0.4 is 5.32 Å². The molecule has 1 saturated heterocycles. The van der Waals surface area contributed by atoms with Gasteiger partial charge in [0.2, 0.25) is 0 Å². The van der Waals surface area contributed by atoms with Crippen LogP contribution in [0.2, 0.25) is 0 Å². The zero-order valence-corrected chi connectivity index (χ0v) is 17.7. The molecule has 3 atom stereocenters. The normalized spacial score (nSPS) is 23.3. The number of aryl methyl sites for hydroxylation is 1. The van der Waals surface area contributed by atoms with Crippen LogP contribution in [0.15, 0.2) is 42.5 Å². The highest BCUT2D eigenvalue weighted by atomic mass is 19.4. The second-order valence-corrected chi connectivity index (χ2v) is 8.87. The van der Waals surface area contributed by atoms with Crippen LogP contribution in [0.3, 0.4) is 0 Å². The molecule has 1 aliphatic heterocycles. The summed E-state index contributed by atoms with van der Waals surface area (Å²) in [4.78, 5) is 6.94. The minimum Gasteiger partial charge on any atom is -0.330 e. The Kier molecular flexibility index (Phi) is 5.20. The van der Waals surface area contributed by atoms with Crippen molar-refractivity contribution in [3.63, 3.8) is 0 Å². The Morgan fingerprint density at radius 3 is 2.30 bits per heavy atom. The summed E-state index contributed by atoms with van der Waals surface area (Å²) in [5.41, 5.74) is -0.494. The summed E-state index contributed by atoms with van der Waals surface area (Å²) in [7, 11) is 1.97. The molecule has 33 heavy (non-hydrogen) atoms. The van der Waals surface area contributed by atoms with Gasteiger partial charge in [-0.3, -0.25) is 4.90 Å². The highest BCUT2D eigenvalue weighted by Gasteiger charge is 2.55. The van der Waals surface area contributed by atoms with Crippen LogP contribution in [0.25, 0.3) is 11.0 Å². The van der Waals surface area contributed by atoms with E-state index in [4.69, 9.17) is 0 Å². The van der Waals surface area contributed by atoms with Gasteiger partial charge in [-0.1, -0.05) is 12.1 Å². The van der Waals surface area contributed by atoms with E-state index in [9.17, 15) is 26.3 Å². The average Bonchev–Trinajstić information content (AvgIpc) is 3.04. The average molecular weight is 468 g/mol. The summed E-state index contributed by atoms with van der Waals surface area (Å²) < 4.78 is 80.9. The molecule has 1 N–H and O–H groups in total. The van der Waals surface area contributed by atoms with Crippen molar-refractivity contribution < 1.29 is 26.3 Å². The molecule has 5 rings (SSSR count). The third kappa shape index (κ3) is 4.21. The standard InChI is InChI=1S/C23H22F6N4/c1-32-19-5-3-2-4-18(19)31-20(32)12-33-10-15-16(11-33)21(15)30-9-13-8-14(22(24,25)26)6-7-17(13)23(27,28)29/h2-8,15-16,21,30H,9-12H2,1H3/t15-,16+,21?. The number of alkyl halides is 6. The zero-order valence-electron chi connectivity index (χ0n) is 17.7. The van der Waals surface area contributed by atoms with Gasteiger partial charge in [0.1, 0.15) is 5.82 Å². The molecular formula is C23H22F6N4. The fourth-order valence-corrected chi connectivity index (χ4v) is 5.00. The van der Waals surface area contributed by atoms with E-state index < -0.39 is 23.5 Å². The molecule has 2 aromatic carbocycles. The number of hydrogen-bond acceptors (Lipinski definition) is 3. The third-order valence-electron chi connectivity index (χ3n) is 6.78. The molecule has 2 fully saturated rings. The first kappa shape index (κ1) is 22.2. The second kappa shape index (κ2) is 7.73. The van der Waals surface area contributed by atoms with E-state index in [1.165, 1.54) is 0 Å². The van der Waals surface area contributed by atoms with Crippen molar-refractivity contribution >= 4 is 11.0 Å². The van der Waals surface area contributed by atoms with Crippen LogP contribution in [-0.2, 0) is 32.5 Å². The lowest BCUT2D eigenvalue weighted by atomic mass is 10.0. The Morgan fingerprint density at radius 2 is 1.67 bits per heavy atom. The lowest BCUT2D eigenvalue weighted by Crippen LogP contribution is -2.32. The maximum atomic E-state index is 13.3. The van der Waals surface area contributed by atoms with E-state index in [2.05, 4.69) is 19.8 Å². The summed E-state index contributed by atoms with van der Waals surface area (Å²) >= 11 is 0. The van der Waals surface area contributed by atoms with Crippen LogP contribution in [0, 0.1) is 11.8 Å². The minimum absolute atomic E-state index is 0.0114. The summed E-state index contributed by atoms with van der Waals surface area (Å²) in [6.45, 7) is 1.98. The van der Waals surface area contributed by atoms with Gasteiger partial charge in [-0.2, -0.15) is 26.3 Å². The van der Waals surface area contributed by atoms with Gasteiger partial charge in [0.25, 0.3) is 0 Å². The summed E-state index contributed by atoms with van der Waals surface area (Å²) in [5.74, 6) is 1.50. The highest BCUT2D eigenvalue weighted by Crippen LogP contribution is 2.46. The predicted molar refractivity (Wildman–Crippen MR) is 110 cm³/mol. The molecule has 0 radical (unpaired) electrons. The number of rotatable bonds is 5. The van der Waals surface area contributed by atoms with Crippen LogP contribution in [-0.4, -0.2) is 33.6 Å². The van der Waals surface area contributed by atoms with Gasteiger partial charge in [0.05, 0.1) is 28.7 Å². The highest BCUT2D eigenvalue weighted by molar-refractivity contribution is 5.75. The lowest BCUT2D eigenvalue weighted by Gasteiger charge is -2.20. The topological polar surface area (TPSA) is 33.1 Å². The predicted octanol–water partition coefficient (Wildman–Crippen LogP) is 4.83. The lowest BCUT2D eigenvalue weighted by molar-refractivity contribution is -0.141. The number of nitrogens with zero attached hydrogens (tertiary/aromatic N) is 3. The first-order valence-electron chi connectivity index (χ1n) is 10.7. The molecule has 3 aromatic rings. The zero-order chi connectivity index (χ0) is 23.5. The van der Waals surface area contributed by atoms with Crippen molar-refractivity contribution in [3.05, 3.63) is 65.0 Å². The third-order valence-corrected chi connectivity index (χ3v) is 6.78. The molecule has 0 amide bonds. The van der Waals surface area contributed by atoms with Crippen LogP contribution in [0.4, 0.5) is 26.3 Å². The largest absolute Gasteiger partial charge is 0.416 e. The van der Waals surface area contributed by atoms with Gasteiger partial charge in [-0.15, -0.1) is 0 Å². The maximum Gasteiger partial charge on any atom is 0.416 e. The SMILES string of the molecule is Cn1c(CN2C[C@@H]3C(NCc4cc(C(F)(F)F)ccc4C(F)(F)F)[C@@H]3C2)nc2ccccc21. The molecule has 176 valence electrons. The maximum absolute atomic E-state index is 13.3. The second-order valence-electron chi connectivity index (χ2n) is 8.87. The molecule has 10 heteroatoms. The fraction of sp³-hybridized carbons (Fsp3) is 0.435. The van der Waals surface area contributed by atoms with Gasteiger partial charge in [-0.05, 0) is 47.7 Å². The van der Waals surface area contributed by atoms with E-state index in [1.807, 2.05) is 31.3 Å². The molecule has 4 nitrogen and oxygen atoms in total. The molecule has 0 bridgehead atoms. The molecule has 2 heterocycles. The molecule has 2 aliphatic rings. The number of likely N-dealkylation sites (tertiary alicyclic amines) is 1. The number of piperidine rings is 1. The number of imidazole rings is 1. The minimum atomic E-state index is -4.71. The Bertz CT molecular complexity index is 1170.